The van der Waals surface area contributed by atoms with Gasteiger partial charge in [-0.2, -0.15) is 13.2 Å². The molecule has 0 saturated heterocycles. The quantitative estimate of drug-likeness (QED) is 0.538. The lowest BCUT2D eigenvalue weighted by Gasteiger charge is -2.30. The van der Waals surface area contributed by atoms with Crippen LogP contribution in [0.2, 0.25) is 0 Å². The molecule has 0 bridgehead atoms. The molecule has 4 nitrogen and oxygen atoms in total. The zero-order chi connectivity index (χ0) is 15.1. The van der Waals surface area contributed by atoms with Crippen molar-refractivity contribution in [1.82, 2.24) is 10.6 Å². The number of nitrogens with one attached hydrogen (secondary N) is 2. The van der Waals surface area contributed by atoms with Crippen LogP contribution in [0.1, 0.15) is 45.4 Å². The summed E-state index contributed by atoms with van der Waals surface area (Å²) in [4.78, 5) is 4.21. The summed E-state index contributed by atoms with van der Waals surface area (Å²) < 4.78 is 36.3. The van der Waals surface area contributed by atoms with Crippen LogP contribution >= 0.6 is 0 Å². The van der Waals surface area contributed by atoms with Crippen molar-refractivity contribution in [1.29, 1.82) is 0 Å². The second-order valence-electron chi connectivity index (χ2n) is 5.27. The SMILES string of the molecule is CCNC(=NCC1(O)CCCCC1)NCCC(F)(F)F. The summed E-state index contributed by atoms with van der Waals surface area (Å²) in [5, 5.41) is 15.8. The third-order valence-electron chi connectivity index (χ3n) is 3.36. The summed E-state index contributed by atoms with van der Waals surface area (Å²) in [6, 6.07) is 0. The van der Waals surface area contributed by atoms with E-state index in [0.717, 1.165) is 19.3 Å². The summed E-state index contributed by atoms with van der Waals surface area (Å²) >= 11 is 0. The van der Waals surface area contributed by atoms with E-state index < -0.39 is 18.2 Å². The zero-order valence-corrected chi connectivity index (χ0v) is 11.9. The first kappa shape index (κ1) is 17.1. The molecule has 1 aliphatic carbocycles. The maximum absolute atomic E-state index is 12.1. The average Bonchev–Trinajstić information content (AvgIpc) is 2.35. The largest absolute Gasteiger partial charge is 0.390 e. The van der Waals surface area contributed by atoms with E-state index in [2.05, 4.69) is 15.6 Å². The molecule has 7 heteroatoms. The second kappa shape index (κ2) is 7.71. The molecular formula is C13H24F3N3O. The van der Waals surface area contributed by atoms with E-state index >= 15 is 0 Å². The average molecular weight is 295 g/mol. The summed E-state index contributed by atoms with van der Waals surface area (Å²) in [5.74, 6) is 0.329. The van der Waals surface area contributed by atoms with E-state index in [1.165, 1.54) is 0 Å². The van der Waals surface area contributed by atoms with Crippen molar-refractivity contribution in [2.45, 2.75) is 57.2 Å². The van der Waals surface area contributed by atoms with Gasteiger partial charge < -0.3 is 15.7 Å². The molecule has 0 aromatic carbocycles. The molecule has 0 aromatic heterocycles. The van der Waals surface area contributed by atoms with Gasteiger partial charge in [0.1, 0.15) is 0 Å². The van der Waals surface area contributed by atoms with Gasteiger partial charge in [-0.1, -0.05) is 19.3 Å². The Morgan fingerprint density at radius 3 is 2.40 bits per heavy atom. The molecule has 0 heterocycles. The Kier molecular flexibility index (Phi) is 6.58. The van der Waals surface area contributed by atoms with Crippen molar-refractivity contribution in [3.8, 4) is 0 Å². The van der Waals surface area contributed by atoms with Gasteiger partial charge in [0, 0.05) is 13.1 Å². The van der Waals surface area contributed by atoms with Crippen molar-refractivity contribution >= 4 is 5.96 Å². The van der Waals surface area contributed by atoms with E-state index in [0.29, 0.717) is 25.3 Å². The highest BCUT2D eigenvalue weighted by atomic mass is 19.4. The van der Waals surface area contributed by atoms with Crippen LogP contribution < -0.4 is 10.6 Å². The first-order chi connectivity index (χ1) is 9.35. The van der Waals surface area contributed by atoms with Crippen molar-refractivity contribution in [2.75, 3.05) is 19.6 Å². The molecule has 1 aliphatic rings. The third kappa shape index (κ3) is 6.98. The fraction of sp³-hybridized carbons (Fsp3) is 0.923. The number of halogens is 3. The molecular weight excluding hydrogens is 271 g/mol. The lowest BCUT2D eigenvalue weighted by molar-refractivity contribution is -0.132. The number of hydrogen-bond acceptors (Lipinski definition) is 2. The Hall–Kier alpha value is -0.980. The molecule has 0 atom stereocenters. The Morgan fingerprint density at radius 2 is 1.85 bits per heavy atom. The van der Waals surface area contributed by atoms with Crippen LogP contribution in [0.5, 0.6) is 0 Å². The van der Waals surface area contributed by atoms with Gasteiger partial charge in [0.2, 0.25) is 0 Å². The normalized spacial score (nSPS) is 19.8. The minimum absolute atomic E-state index is 0.215. The van der Waals surface area contributed by atoms with E-state index in [1.54, 1.807) is 0 Å². The summed E-state index contributed by atoms with van der Waals surface area (Å²) in [6.07, 6.45) is -0.589. The van der Waals surface area contributed by atoms with Crippen LogP contribution in [-0.4, -0.2) is 42.5 Å². The van der Waals surface area contributed by atoms with Gasteiger partial charge in [-0.25, -0.2) is 0 Å². The number of alkyl halides is 3. The molecule has 1 fully saturated rings. The third-order valence-corrected chi connectivity index (χ3v) is 3.36. The Bertz CT molecular complexity index is 312. The summed E-state index contributed by atoms with van der Waals surface area (Å²) in [5.41, 5.74) is -0.801. The Labute approximate surface area is 117 Å². The number of hydrogen-bond donors (Lipinski definition) is 3. The maximum Gasteiger partial charge on any atom is 0.390 e. The Balaban J connectivity index is 2.45. The van der Waals surface area contributed by atoms with Crippen molar-refractivity contribution < 1.29 is 18.3 Å². The van der Waals surface area contributed by atoms with Crippen LogP contribution in [0.4, 0.5) is 13.2 Å². The molecule has 20 heavy (non-hydrogen) atoms. The topological polar surface area (TPSA) is 56.7 Å². The molecule has 118 valence electrons. The first-order valence-electron chi connectivity index (χ1n) is 7.16. The van der Waals surface area contributed by atoms with Gasteiger partial charge in [-0.3, -0.25) is 4.99 Å². The van der Waals surface area contributed by atoms with Crippen LogP contribution in [0.15, 0.2) is 4.99 Å². The van der Waals surface area contributed by atoms with E-state index in [9.17, 15) is 18.3 Å². The lowest BCUT2D eigenvalue weighted by Crippen LogP contribution is -2.41. The Morgan fingerprint density at radius 1 is 1.20 bits per heavy atom. The predicted octanol–water partition coefficient (Wildman–Crippen LogP) is 2.19. The minimum atomic E-state index is -4.17. The van der Waals surface area contributed by atoms with Gasteiger partial charge in [0.05, 0.1) is 18.6 Å². The molecule has 1 saturated carbocycles. The zero-order valence-electron chi connectivity index (χ0n) is 11.9. The number of guanidine groups is 1. The molecule has 3 N–H and O–H groups in total. The minimum Gasteiger partial charge on any atom is -0.388 e. The lowest BCUT2D eigenvalue weighted by atomic mass is 9.85. The van der Waals surface area contributed by atoms with Gasteiger partial charge >= 0.3 is 6.18 Å². The number of aliphatic imine (C=N–C) groups is 1. The molecule has 0 unspecified atom stereocenters. The smallest absolute Gasteiger partial charge is 0.388 e. The summed E-state index contributed by atoms with van der Waals surface area (Å²) in [7, 11) is 0. The van der Waals surface area contributed by atoms with E-state index in [1.807, 2.05) is 6.92 Å². The number of rotatable bonds is 5. The highest BCUT2D eigenvalue weighted by Gasteiger charge is 2.29. The van der Waals surface area contributed by atoms with Crippen LogP contribution in [0.25, 0.3) is 0 Å². The van der Waals surface area contributed by atoms with Crippen molar-refractivity contribution in [3.63, 3.8) is 0 Å². The molecule has 0 amide bonds. The van der Waals surface area contributed by atoms with Crippen LogP contribution in [0, 0.1) is 0 Å². The predicted molar refractivity (Wildman–Crippen MR) is 72.7 cm³/mol. The van der Waals surface area contributed by atoms with Gasteiger partial charge in [0.15, 0.2) is 5.96 Å². The molecule has 0 aromatic rings. The summed E-state index contributed by atoms with van der Waals surface area (Å²) in [6.45, 7) is 2.43. The molecule has 0 radical (unpaired) electrons. The van der Waals surface area contributed by atoms with Gasteiger partial charge in [0.25, 0.3) is 0 Å². The fourth-order valence-electron chi connectivity index (χ4n) is 2.26. The number of aliphatic hydroxyl groups is 1. The van der Waals surface area contributed by atoms with Crippen LogP contribution in [-0.2, 0) is 0 Å². The van der Waals surface area contributed by atoms with Crippen LogP contribution in [0.3, 0.4) is 0 Å². The highest BCUT2D eigenvalue weighted by Crippen LogP contribution is 2.28. The highest BCUT2D eigenvalue weighted by molar-refractivity contribution is 5.79. The maximum atomic E-state index is 12.1. The van der Waals surface area contributed by atoms with E-state index in [4.69, 9.17) is 0 Å². The monoisotopic (exact) mass is 295 g/mol. The standard InChI is InChI=1S/C13H24F3N3O/c1-2-17-11(18-9-8-13(14,15)16)19-10-12(20)6-4-3-5-7-12/h20H,2-10H2,1H3,(H2,17,18,19). The van der Waals surface area contributed by atoms with Gasteiger partial charge in [-0.15, -0.1) is 0 Å². The fourth-order valence-corrected chi connectivity index (χ4v) is 2.26. The van der Waals surface area contributed by atoms with Gasteiger partial charge in [-0.05, 0) is 19.8 Å². The van der Waals surface area contributed by atoms with Crippen molar-refractivity contribution in [3.05, 3.63) is 0 Å². The molecule has 0 aliphatic heterocycles. The number of nitrogens with zero attached hydrogens (tertiary/aromatic N) is 1. The molecule has 0 spiro atoms. The van der Waals surface area contributed by atoms with E-state index in [-0.39, 0.29) is 13.1 Å². The second-order valence-corrected chi connectivity index (χ2v) is 5.27. The first-order valence-corrected chi connectivity index (χ1v) is 7.16. The van der Waals surface area contributed by atoms with Crippen molar-refractivity contribution in [2.24, 2.45) is 4.99 Å². The molecule has 1 rings (SSSR count).